The quantitative estimate of drug-likeness (QED) is 0.258. The summed E-state index contributed by atoms with van der Waals surface area (Å²) in [5.41, 5.74) is 1.56. The first-order chi connectivity index (χ1) is 20.3. The lowest BCUT2D eigenvalue weighted by molar-refractivity contribution is -0.140. The second-order valence-electron chi connectivity index (χ2n) is 10.4. The maximum Gasteiger partial charge on any atom is 0.244 e. The summed E-state index contributed by atoms with van der Waals surface area (Å²) in [7, 11) is -1.15. The van der Waals surface area contributed by atoms with Gasteiger partial charge < -0.3 is 19.7 Å². The van der Waals surface area contributed by atoms with Crippen molar-refractivity contribution in [3.63, 3.8) is 0 Å². The van der Waals surface area contributed by atoms with Gasteiger partial charge in [-0.25, -0.2) is 8.42 Å². The summed E-state index contributed by atoms with van der Waals surface area (Å²) < 4.78 is 37.9. The van der Waals surface area contributed by atoms with Gasteiger partial charge in [0.05, 0.1) is 36.2 Å². The van der Waals surface area contributed by atoms with E-state index in [4.69, 9.17) is 32.7 Å². The lowest BCUT2D eigenvalue weighted by Gasteiger charge is -2.34. The molecule has 1 N–H and O–H groups in total. The molecule has 232 valence electrons. The van der Waals surface area contributed by atoms with Crippen molar-refractivity contribution in [2.24, 2.45) is 5.92 Å². The van der Waals surface area contributed by atoms with Gasteiger partial charge in [0.15, 0.2) is 0 Å². The molecular weight excluding hydrogens is 613 g/mol. The predicted molar refractivity (Wildman–Crippen MR) is 171 cm³/mol. The summed E-state index contributed by atoms with van der Waals surface area (Å²) in [6.45, 7) is 3.70. The van der Waals surface area contributed by atoms with Gasteiger partial charge in [0.2, 0.25) is 21.8 Å². The number of nitrogens with one attached hydrogen (secondary N) is 1. The van der Waals surface area contributed by atoms with Crippen molar-refractivity contribution >= 4 is 50.7 Å². The number of carbonyl (C=O) groups excluding carboxylic acids is 2. The minimum atomic E-state index is -4.00. The third-order valence-corrected chi connectivity index (χ3v) is 8.49. The Kier molecular flexibility index (Phi) is 12.1. The van der Waals surface area contributed by atoms with Crippen LogP contribution < -0.4 is 19.1 Å². The molecule has 3 rings (SSSR count). The van der Waals surface area contributed by atoms with E-state index in [2.05, 4.69) is 5.32 Å². The van der Waals surface area contributed by atoms with Crippen molar-refractivity contribution in [1.82, 2.24) is 10.2 Å². The summed E-state index contributed by atoms with van der Waals surface area (Å²) in [6.07, 6.45) is 1.19. The van der Waals surface area contributed by atoms with Crippen molar-refractivity contribution in [2.45, 2.75) is 32.9 Å². The van der Waals surface area contributed by atoms with Crippen molar-refractivity contribution in [3.8, 4) is 11.5 Å². The number of halogens is 2. The van der Waals surface area contributed by atoms with Gasteiger partial charge in [-0.1, -0.05) is 73.4 Å². The Labute approximate surface area is 263 Å². The molecule has 12 heteroatoms. The molecule has 0 heterocycles. The maximum absolute atomic E-state index is 14.3. The van der Waals surface area contributed by atoms with Crippen LogP contribution in [0.4, 0.5) is 5.69 Å². The average molecular weight is 651 g/mol. The first-order valence-electron chi connectivity index (χ1n) is 13.6. The first kappa shape index (κ1) is 34.0. The molecule has 0 unspecified atom stereocenters. The number of benzene rings is 3. The molecule has 43 heavy (non-hydrogen) atoms. The van der Waals surface area contributed by atoms with E-state index < -0.39 is 28.5 Å². The Balaban J connectivity index is 2.12. The Morgan fingerprint density at radius 2 is 1.60 bits per heavy atom. The second kappa shape index (κ2) is 15.3. The number of sulfonamides is 1. The molecule has 3 aromatic carbocycles. The van der Waals surface area contributed by atoms with Crippen molar-refractivity contribution in [2.75, 3.05) is 37.9 Å². The smallest absolute Gasteiger partial charge is 0.244 e. The molecule has 0 radical (unpaired) electrons. The van der Waals surface area contributed by atoms with E-state index in [0.29, 0.717) is 22.9 Å². The zero-order valence-corrected chi connectivity index (χ0v) is 27.2. The maximum atomic E-state index is 14.3. The third kappa shape index (κ3) is 9.51. The summed E-state index contributed by atoms with van der Waals surface area (Å²) in [6, 6.07) is 17.9. The number of hydrogen-bond acceptors (Lipinski definition) is 6. The highest BCUT2D eigenvalue weighted by Crippen LogP contribution is 2.34. The van der Waals surface area contributed by atoms with Gasteiger partial charge in [-0.3, -0.25) is 13.9 Å². The number of amides is 2. The van der Waals surface area contributed by atoms with Crippen molar-refractivity contribution < 1.29 is 27.5 Å². The Morgan fingerprint density at radius 3 is 2.19 bits per heavy atom. The minimum Gasteiger partial charge on any atom is -0.497 e. The Hall–Kier alpha value is -3.47. The fourth-order valence-corrected chi connectivity index (χ4v) is 5.56. The van der Waals surface area contributed by atoms with Crippen molar-refractivity contribution in [1.29, 1.82) is 0 Å². The number of ether oxygens (including phenoxy) is 2. The van der Waals surface area contributed by atoms with Gasteiger partial charge >= 0.3 is 0 Å². The molecule has 0 aliphatic carbocycles. The number of anilines is 1. The minimum absolute atomic E-state index is 0.0326. The van der Waals surface area contributed by atoms with Crippen LogP contribution in [0.1, 0.15) is 25.0 Å². The van der Waals surface area contributed by atoms with Crippen LogP contribution in [0, 0.1) is 5.92 Å². The van der Waals surface area contributed by atoms with Crippen LogP contribution in [0.25, 0.3) is 0 Å². The van der Waals surface area contributed by atoms with Crippen LogP contribution in [0.3, 0.4) is 0 Å². The van der Waals surface area contributed by atoms with Crippen molar-refractivity contribution in [3.05, 3.63) is 87.9 Å². The summed E-state index contributed by atoms with van der Waals surface area (Å²) in [5.74, 6) is -0.204. The standard InChI is InChI=1S/C31H37Cl2N3O6S/c1-21(2)18-34-31(38)28(16-22-9-7-6-8-10-22)35(19-23-11-13-25(32)26(33)15-23)30(37)20-36(43(5,39)40)27-17-24(41-3)12-14-29(27)42-4/h6-15,17,21,28H,16,18-20H2,1-5H3,(H,34,38)/t28-/m0/s1. The molecule has 0 aliphatic rings. The fourth-order valence-electron chi connectivity index (χ4n) is 4.40. The van der Waals surface area contributed by atoms with E-state index in [1.54, 1.807) is 30.3 Å². The molecule has 0 spiro atoms. The number of carbonyl (C=O) groups is 2. The zero-order valence-electron chi connectivity index (χ0n) is 24.8. The predicted octanol–water partition coefficient (Wildman–Crippen LogP) is 5.19. The van der Waals surface area contributed by atoms with Crippen LogP contribution in [0.15, 0.2) is 66.7 Å². The number of rotatable bonds is 14. The summed E-state index contributed by atoms with van der Waals surface area (Å²) in [5, 5.41) is 3.57. The third-order valence-electron chi connectivity index (χ3n) is 6.63. The summed E-state index contributed by atoms with van der Waals surface area (Å²) in [4.78, 5) is 29.4. The highest BCUT2D eigenvalue weighted by molar-refractivity contribution is 7.92. The van der Waals surface area contributed by atoms with E-state index in [0.717, 1.165) is 16.1 Å². The zero-order chi connectivity index (χ0) is 31.7. The Bertz CT molecular complexity index is 1520. The van der Waals surface area contributed by atoms with Crippen LogP contribution in [0.2, 0.25) is 10.0 Å². The Morgan fingerprint density at radius 1 is 0.907 bits per heavy atom. The summed E-state index contributed by atoms with van der Waals surface area (Å²) >= 11 is 12.4. The molecule has 1 atom stereocenters. The van der Waals surface area contributed by atoms with Crippen LogP contribution in [0.5, 0.6) is 11.5 Å². The highest BCUT2D eigenvalue weighted by Gasteiger charge is 2.34. The topological polar surface area (TPSA) is 105 Å². The lowest BCUT2D eigenvalue weighted by atomic mass is 10.0. The second-order valence-corrected chi connectivity index (χ2v) is 13.1. The van der Waals surface area contributed by atoms with E-state index in [1.807, 2.05) is 44.2 Å². The number of methoxy groups -OCH3 is 2. The van der Waals surface area contributed by atoms with E-state index in [9.17, 15) is 18.0 Å². The molecule has 0 aromatic heterocycles. The average Bonchev–Trinajstić information content (AvgIpc) is 2.97. The van der Waals surface area contributed by atoms with Crippen LogP contribution in [-0.4, -0.2) is 64.7 Å². The highest BCUT2D eigenvalue weighted by atomic mass is 35.5. The largest absolute Gasteiger partial charge is 0.497 e. The van der Waals surface area contributed by atoms with Crippen LogP contribution in [-0.2, 0) is 32.6 Å². The van der Waals surface area contributed by atoms with Gasteiger partial charge in [-0.15, -0.1) is 0 Å². The van der Waals surface area contributed by atoms with E-state index in [1.165, 1.54) is 25.2 Å². The van der Waals surface area contributed by atoms with Gasteiger partial charge in [-0.2, -0.15) is 0 Å². The normalized spacial score (nSPS) is 12.0. The number of nitrogens with zero attached hydrogens (tertiary/aromatic N) is 2. The molecular formula is C31H37Cl2N3O6S. The SMILES string of the molecule is COc1ccc(OC)c(N(CC(=O)N(Cc2ccc(Cl)c(Cl)c2)[C@@H](Cc2ccccc2)C(=O)NCC(C)C)S(C)(=O)=O)c1. The molecule has 0 fully saturated rings. The molecule has 0 bridgehead atoms. The molecule has 2 amide bonds. The lowest BCUT2D eigenvalue weighted by Crippen LogP contribution is -2.53. The van der Waals surface area contributed by atoms with E-state index >= 15 is 0 Å². The van der Waals surface area contributed by atoms with E-state index in [-0.39, 0.29) is 41.3 Å². The molecule has 0 saturated carbocycles. The molecule has 3 aromatic rings. The van der Waals surface area contributed by atoms with Gasteiger partial charge in [0.1, 0.15) is 24.1 Å². The first-order valence-corrected chi connectivity index (χ1v) is 16.2. The van der Waals surface area contributed by atoms with Gasteiger partial charge in [-0.05, 0) is 41.3 Å². The monoisotopic (exact) mass is 649 g/mol. The molecule has 0 aliphatic heterocycles. The molecule has 0 saturated heterocycles. The van der Waals surface area contributed by atoms with Gasteiger partial charge in [0.25, 0.3) is 0 Å². The fraction of sp³-hybridized carbons (Fsp3) is 0.355. The molecule has 9 nitrogen and oxygen atoms in total. The van der Waals surface area contributed by atoms with Gasteiger partial charge in [0, 0.05) is 25.6 Å². The number of hydrogen-bond donors (Lipinski definition) is 1. The van der Waals surface area contributed by atoms with Crippen LogP contribution >= 0.6 is 23.2 Å².